The fourth-order valence-corrected chi connectivity index (χ4v) is 2.75. The molecule has 132 valence electrons. The van der Waals surface area contributed by atoms with Gasteiger partial charge in [-0.15, -0.1) is 0 Å². The Hall–Kier alpha value is -2.70. The van der Waals surface area contributed by atoms with Gasteiger partial charge in [-0.2, -0.15) is 0 Å². The summed E-state index contributed by atoms with van der Waals surface area (Å²) in [7, 11) is 0. The number of benzene rings is 2. The number of anilines is 1. The fraction of sp³-hybridized carbons (Fsp3) is 0.0526. The molecule has 1 aromatic heterocycles. The van der Waals surface area contributed by atoms with Gasteiger partial charge in [0.2, 0.25) is 0 Å². The molecule has 0 unspecified atom stereocenters. The van der Waals surface area contributed by atoms with Crippen molar-refractivity contribution in [3.05, 3.63) is 87.4 Å². The van der Waals surface area contributed by atoms with Gasteiger partial charge in [0, 0.05) is 11.9 Å². The second kappa shape index (κ2) is 8.12. The molecule has 0 aliphatic carbocycles. The zero-order chi connectivity index (χ0) is 18.5. The molecule has 2 N–H and O–H groups in total. The number of carbonyl (C=O) groups is 1. The van der Waals surface area contributed by atoms with Crippen molar-refractivity contribution in [3.63, 3.8) is 0 Å². The first-order valence-electron chi connectivity index (χ1n) is 7.69. The highest BCUT2D eigenvalue weighted by molar-refractivity contribution is 7.71. The van der Waals surface area contributed by atoms with Crippen LogP contribution in [0.15, 0.2) is 60.8 Å². The van der Waals surface area contributed by atoms with Crippen molar-refractivity contribution < 1.29 is 13.9 Å². The molecule has 1 amide bonds. The molecule has 0 spiro atoms. The Balaban J connectivity index is 1.68. The first-order chi connectivity index (χ1) is 12.5. The summed E-state index contributed by atoms with van der Waals surface area (Å²) in [5, 5.41) is 3.06. The third kappa shape index (κ3) is 4.47. The summed E-state index contributed by atoms with van der Waals surface area (Å²) in [6, 6.07) is 14.3. The minimum absolute atomic E-state index is 0.183. The maximum atomic E-state index is 13.2. The maximum absolute atomic E-state index is 13.2. The van der Waals surface area contributed by atoms with Crippen LogP contribution >= 0.6 is 23.8 Å². The van der Waals surface area contributed by atoms with E-state index in [9.17, 15) is 9.18 Å². The summed E-state index contributed by atoms with van der Waals surface area (Å²) < 4.78 is 19.1. The molecule has 7 heteroatoms. The Labute approximate surface area is 159 Å². The third-order valence-electron chi connectivity index (χ3n) is 3.54. The highest BCUT2D eigenvalue weighted by Crippen LogP contribution is 2.28. The molecule has 0 saturated heterocycles. The highest BCUT2D eigenvalue weighted by atomic mass is 35.5. The molecule has 2 aromatic carbocycles. The molecule has 1 heterocycles. The number of H-pyrrole nitrogens is 1. The average Bonchev–Trinajstić information content (AvgIpc) is 2.61. The predicted molar refractivity (Wildman–Crippen MR) is 102 cm³/mol. The normalized spacial score (nSPS) is 10.4. The van der Waals surface area contributed by atoms with E-state index < -0.39 is 0 Å². The van der Waals surface area contributed by atoms with Crippen LogP contribution in [0.4, 0.5) is 10.1 Å². The molecular weight excluding hydrogens is 375 g/mol. The number of hydrogen-bond donors (Lipinski definition) is 2. The minimum atomic E-state index is -0.337. The SMILES string of the molecule is O=C(Nc1ccc(OCc2cccc(F)c2)c(Cl)c1)c1ccc[nH]c1=S. The van der Waals surface area contributed by atoms with Gasteiger partial charge in [0.25, 0.3) is 5.91 Å². The van der Waals surface area contributed by atoms with Crippen LogP contribution in [0.25, 0.3) is 0 Å². The van der Waals surface area contributed by atoms with E-state index in [4.69, 9.17) is 28.6 Å². The van der Waals surface area contributed by atoms with Crippen LogP contribution in [0.3, 0.4) is 0 Å². The summed E-state index contributed by atoms with van der Waals surface area (Å²) in [4.78, 5) is 15.1. The van der Waals surface area contributed by atoms with Crippen molar-refractivity contribution >= 4 is 35.4 Å². The Bertz CT molecular complexity index is 1010. The molecule has 3 aromatic rings. The Morgan fingerprint density at radius 1 is 1.19 bits per heavy atom. The van der Waals surface area contributed by atoms with E-state index >= 15 is 0 Å². The Morgan fingerprint density at radius 3 is 2.77 bits per heavy atom. The van der Waals surface area contributed by atoms with Gasteiger partial charge >= 0.3 is 0 Å². The maximum Gasteiger partial charge on any atom is 0.258 e. The summed E-state index contributed by atoms with van der Waals surface area (Å²) in [6.07, 6.45) is 1.65. The second-order valence-electron chi connectivity index (χ2n) is 5.43. The lowest BCUT2D eigenvalue weighted by molar-refractivity contribution is 0.102. The monoisotopic (exact) mass is 388 g/mol. The van der Waals surface area contributed by atoms with Crippen molar-refractivity contribution in [1.82, 2.24) is 4.98 Å². The summed E-state index contributed by atoms with van der Waals surface area (Å²) >= 11 is 11.3. The van der Waals surface area contributed by atoms with Crippen LogP contribution in [-0.4, -0.2) is 10.9 Å². The van der Waals surface area contributed by atoms with Crippen LogP contribution in [0.5, 0.6) is 5.75 Å². The molecule has 0 fully saturated rings. The number of halogens is 2. The molecule has 0 radical (unpaired) electrons. The Morgan fingerprint density at radius 2 is 2.04 bits per heavy atom. The lowest BCUT2D eigenvalue weighted by Crippen LogP contribution is -2.12. The lowest BCUT2D eigenvalue weighted by Gasteiger charge is -2.11. The number of ether oxygens (including phenoxy) is 1. The minimum Gasteiger partial charge on any atom is -0.487 e. The van der Waals surface area contributed by atoms with Gasteiger partial charge in [-0.1, -0.05) is 36.0 Å². The number of aromatic nitrogens is 1. The van der Waals surface area contributed by atoms with Gasteiger partial charge in [-0.3, -0.25) is 4.79 Å². The Kier molecular flexibility index (Phi) is 5.65. The zero-order valence-corrected chi connectivity index (χ0v) is 15.0. The molecule has 0 bridgehead atoms. The predicted octanol–water partition coefficient (Wildman–Crippen LogP) is 5.37. The van der Waals surface area contributed by atoms with E-state index in [1.165, 1.54) is 12.1 Å². The van der Waals surface area contributed by atoms with Gasteiger partial charge in [-0.25, -0.2) is 4.39 Å². The van der Waals surface area contributed by atoms with E-state index in [1.807, 2.05) is 0 Å². The van der Waals surface area contributed by atoms with Crippen molar-refractivity contribution in [2.75, 3.05) is 5.32 Å². The van der Waals surface area contributed by atoms with Crippen LogP contribution in [0.1, 0.15) is 15.9 Å². The number of rotatable bonds is 5. The average molecular weight is 389 g/mol. The number of hydrogen-bond acceptors (Lipinski definition) is 3. The summed E-state index contributed by atoms with van der Waals surface area (Å²) in [5.74, 6) is -0.225. The molecule has 3 rings (SSSR count). The third-order valence-corrected chi connectivity index (χ3v) is 4.17. The lowest BCUT2D eigenvalue weighted by atomic mass is 10.2. The molecular formula is C19H14ClFN2O2S. The number of amides is 1. The standard InChI is InChI=1S/C19H14ClFN2O2S/c20-16-10-14(23-18(24)15-5-2-8-22-19(15)26)6-7-17(16)25-11-12-3-1-4-13(21)9-12/h1-10H,11H2,(H,22,26)(H,23,24). The van der Waals surface area contributed by atoms with Gasteiger partial charge in [0.05, 0.1) is 10.6 Å². The number of aromatic amines is 1. The van der Waals surface area contributed by atoms with Crippen molar-refractivity contribution in [3.8, 4) is 5.75 Å². The molecule has 26 heavy (non-hydrogen) atoms. The van der Waals surface area contributed by atoms with E-state index in [2.05, 4.69) is 10.3 Å². The van der Waals surface area contributed by atoms with E-state index in [0.29, 0.717) is 32.2 Å². The van der Waals surface area contributed by atoms with E-state index in [1.54, 1.807) is 48.7 Å². The first-order valence-corrected chi connectivity index (χ1v) is 8.47. The van der Waals surface area contributed by atoms with Gasteiger partial charge < -0.3 is 15.0 Å². The molecule has 0 saturated carbocycles. The summed E-state index contributed by atoms with van der Waals surface area (Å²) in [6.45, 7) is 0.183. The number of carbonyl (C=O) groups excluding carboxylic acids is 1. The second-order valence-corrected chi connectivity index (χ2v) is 6.25. The van der Waals surface area contributed by atoms with E-state index in [0.717, 1.165) is 0 Å². The van der Waals surface area contributed by atoms with E-state index in [-0.39, 0.29) is 18.3 Å². The quantitative estimate of drug-likeness (QED) is 0.578. The topological polar surface area (TPSA) is 54.1 Å². The number of nitrogens with one attached hydrogen (secondary N) is 2. The first kappa shape index (κ1) is 18.1. The highest BCUT2D eigenvalue weighted by Gasteiger charge is 2.10. The summed E-state index contributed by atoms with van der Waals surface area (Å²) in [5.41, 5.74) is 1.57. The van der Waals surface area contributed by atoms with Crippen LogP contribution < -0.4 is 10.1 Å². The largest absolute Gasteiger partial charge is 0.487 e. The van der Waals surface area contributed by atoms with Gasteiger partial charge in [0.15, 0.2) is 0 Å². The molecule has 0 aliphatic rings. The fourth-order valence-electron chi connectivity index (χ4n) is 2.28. The zero-order valence-electron chi connectivity index (χ0n) is 13.5. The van der Waals surface area contributed by atoms with Gasteiger partial charge in [-0.05, 0) is 48.0 Å². The van der Waals surface area contributed by atoms with Gasteiger partial charge in [0.1, 0.15) is 22.8 Å². The van der Waals surface area contributed by atoms with Crippen LogP contribution in [0, 0.1) is 10.5 Å². The molecule has 4 nitrogen and oxygen atoms in total. The van der Waals surface area contributed by atoms with Crippen molar-refractivity contribution in [1.29, 1.82) is 0 Å². The smallest absolute Gasteiger partial charge is 0.258 e. The molecule has 0 aliphatic heterocycles. The van der Waals surface area contributed by atoms with Crippen LogP contribution in [0.2, 0.25) is 5.02 Å². The van der Waals surface area contributed by atoms with Crippen LogP contribution in [-0.2, 0) is 6.61 Å². The van der Waals surface area contributed by atoms with Crippen molar-refractivity contribution in [2.45, 2.75) is 6.61 Å². The molecule has 0 atom stereocenters. The number of pyridine rings is 1. The van der Waals surface area contributed by atoms with Crippen molar-refractivity contribution in [2.24, 2.45) is 0 Å².